The number of nitrogens with two attached hydrogens (primary N) is 2. The first-order chi connectivity index (χ1) is 7.95. The number of rotatable bonds is 5. The molecule has 0 bridgehead atoms. The summed E-state index contributed by atoms with van der Waals surface area (Å²) < 4.78 is 5.62. The molecular formula is C13H20N2O2. The standard InChI is InChI=1S/C13H20N2O2/c1-4-11(13(15)16)17-12-6-5-8(2)7-10(12)9(3)14/h5-7,9,11H,4,14H2,1-3H3,(H2,15,16)/t9-,11?/m1/s1. The Morgan fingerprint density at radius 3 is 2.59 bits per heavy atom. The SMILES string of the molecule is CCC(Oc1ccc(C)cc1[C@@H](C)N)C(N)=O. The molecule has 0 aliphatic rings. The van der Waals surface area contributed by atoms with E-state index in [-0.39, 0.29) is 6.04 Å². The molecule has 94 valence electrons. The Hall–Kier alpha value is -1.55. The maximum atomic E-state index is 11.1. The van der Waals surface area contributed by atoms with Gasteiger partial charge in [-0.1, -0.05) is 24.6 Å². The minimum Gasteiger partial charge on any atom is -0.480 e. The minimum atomic E-state index is -0.602. The third-order valence-electron chi connectivity index (χ3n) is 2.61. The normalized spacial score (nSPS) is 14.1. The number of amides is 1. The van der Waals surface area contributed by atoms with E-state index >= 15 is 0 Å². The van der Waals surface area contributed by atoms with E-state index in [1.807, 2.05) is 39.0 Å². The zero-order chi connectivity index (χ0) is 13.0. The van der Waals surface area contributed by atoms with Crippen LogP contribution < -0.4 is 16.2 Å². The highest BCUT2D eigenvalue weighted by molar-refractivity contribution is 5.79. The van der Waals surface area contributed by atoms with Crippen LogP contribution in [0.3, 0.4) is 0 Å². The average molecular weight is 236 g/mol. The summed E-state index contributed by atoms with van der Waals surface area (Å²) in [6.07, 6.45) is -0.0584. The van der Waals surface area contributed by atoms with Crippen molar-refractivity contribution in [2.24, 2.45) is 11.5 Å². The van der Waals surface area contributed by atoms with Crippen LogP contribution in [0.2, 0.25) is 0 Å². The second-order valence-corrected chi connectivity index (χ2v) is 4.25. The summed E-state index contributed by atoms with van der Waals surface area (Å²) in [5.74, 6) is 0.181. The Morgan fingerprint density at radius 1 is 1.47 bits per heavy atom. The fourth-order valence-electron chi connectivity index (χ4n) is 1.63. The molecule has 0 fully saturated rings. The molecule has 1 aromatic rings. The smallest absolute Gasteiger partial charge is 0.258 e. The van der Waals surface area contributed by atoms with E-state index in [0.717, 1.165) is 11.1 Å². The van der Waals surface area contributed by atoms with Gasteiger partial charge in [0.2, 0.25) is 0 Å². The molecule has 1 amide bonds. The third kappa shape index (κ3) is 3.46. The van der Waals surface area contributed by atoms with Crippen molar-refractivity contribution < 1.29 is 9.53 Å². The molecule has 0 heterocycles. The van der Waals surface area contributed by atoms with Gasteiger partial charge in [-0.05, 0) is 26.3 Å². The van der Waals surface area contributed by atoms with Crippen molar-refractivity contribution in [2.75, 3.05) is 0 Å². The molecule has 1 unspecified atom stereocenters. The zero-order valence-electron chi connectivity index (χ0n) is 10.6. The van der Waals surface area contributed by atoms with Crippen LogP contribution in [0.15, 0.2) is 18.2 Å². The van der Waals surface area contributed by atoms with Crippen LogP contribution in [-0.2, 0) is 4.79 Å². The number of hydrogen-bond acceptors (Lipinski definition) is 3. The second-order valence-electron chi connectivity index (χ2n) is 4.25. The van der Waals surface area contributed by atoms with Crippen LogP contribution in [0.4, 0.5) is 0 Å². The van der Waals surface area contributed by atoms with E-state index in [1.165, 1.54) is 0 Å². The Bertz CT molecular complexity index is 402. The van der Waals surface area contributed by atoms with Gasteiger partial charge in [0, 0.05) is 11.6 Å². The number of benzene rings is 1. The maximum absolute atomic E-state index is 11.1. The van der Waals surface area contributed by atoms with Crippen LogP contribution in [0.1, 0.15) is 37.4 Å². The molecule has 0 radical (unpaired) electrons. The van der Waals surface area contributed by atoms with Gasteiger partial charge < -0.3 is 16.2 Å². The molecule has 0 saturated carbocycles. The van der Waals surface area contributed by atoms with Gasteiger partial charge in [0.25, 0.3) is 5.91 Å². The Kier molecular flexibility index (Phi) is 4.52. The number of ether oxygens (including phenoxy) is 1. The summed E-state index contributed by atoms with van der Waals surface area (Å²) in [6, 6.07) is 5.58. The van der Waals surface area contributed by atoms with Crippen molar-refractivity contribution in [1.29, 1.82) is 0 Å². The zero-order valence-corrected chi connectivity index (χ0v) is 10.6. The lowest BCUT2D eigenvalue weighted by molar-refractivity contribution is -0.124. The molecule has 1 aromatic carbocycles. The van der Waals surface area contributed by atoms with Gasteiger partial charge in [-0.2, -0.15) is 0 Å². The van der Waals surface area contributed by atoms with Crippen molar-refractivity contribution in [1.82, 2.24) is 0 Å². The van der Waals surface area contributed by atoms with Crippen molar-refractivity contribution in [3.63, 3.8) is 0 Å². The van der Waals surface area contributed by atoms with Crippen molar-refractivity contribution in [3.05, 3.63) is 29.3 Å². The number of carbonyl (C=O) groups excluding carboxylic acids is 1. The minimum absolute atomic E-state index is 0.143. The summed E-state index contributed by atoms with van der Waals surface area (Å²) >= 11 is 0. The highest BCUT2D eigenvalue weighted by Crippen LogP contribution is 2.26. The van der Waals surface area contributed by atoms with E-state index in [1.54, 1.807) is 0 Å². The van der Waals surface area contributed by atoms with Crippen LogP contribution >= 0.6 is 0 Å². The van der Waals surface area contributed by atoms with Crippen LogP contribution in [0.5, 0.6) is 5.75 Å². The summed E-state index contributed by atoms with van der Waals surface area (Å²) in [5.41, 5.74) is 13.1. The Morgan fingerprint density at radius 2 is 2.12 bits per heavy atom. The Labute approximate surface area is 102 Å². The Balaban J connectivity index is 3.01. The summed E-state index contributed by atoms with van der Waals surface area (Å²) in [4.78, 5) is 11.1. The quantitative estimate of drug-likeness (QED) is 0.816. The lowest BCUT2D eigenvalue weighted by atomic mass is 10.0. The first-order valence-corrected chi connectivity index (χ1v) is 5.77. The number of carbonyl (C=O) groups is 1. The molecular weight excluding hydrogens is 216 g/mol. The van der Waals surface area contributed by atoms with Crippen molar-refractivity contribution in [3.8, 4) is 5.75 Å². The molecule has 17 heavy (non-hydrogen) atoms. The topological polar surface area (TPSA) is 78.3 Å². The van der Waals surface area contributed by atoms with E-state index < -0.39 is 12.0 Å². The lowest BCUT2D eigenvalue weighted by Crippen LogP contribution is -2.33. The highest BCUT2D eigenvalue weighted by atomic mass is 16.5. The van der Waals surface area contributed by atoms with E-state index in [9.17, 15) is 4.79 Å². The van der Waals surface area contributed by atoms with E-state index in [4.69, 9.17) is 16.2 Å². The maximum Gasteiger partial charge on any atom is 0.258 e. The molecule has 4 heteroatoms. The van der Waals surface area contributed by atoms with Gasteiger partial charge in [-0.3, -0.25) is 4.79 Å². The number of primary amides is 1. The van der Waals surface area contributed by atoms with E-state index in [2.05, 4.69) is 0 Å². The molecule has 2 atom stereocenters. The molecule has 4 N–H and O–H groups in total. The van der Waals surface area contributed by atoms with Gasteiger partial charge in [-0.25, -0.2) is 0 Å². The first kappa shape index (κ1) is 13.5. The van der Waals surface area contributed by atoms with E-state index in [0.29, 0.717) is 12.2 Å². The van der Waals surface area contributed by atoms with Crippen LogP contribution in [0.25, 0.3) is 0 Å². The highest BCUT2D eigenvalue weighted by Gasteiger charge is 2.17. The second kappa shape index (κ2) is 5.68. The fraction of sp³-hybridized carbons (Fsp3) is 0.462. The molecule has 1 rings (SSSR count). The lowest BCUT2D eigenvalue weighted by Gasteiger charge is -2.19. The van der Waals surface area contributed by atoms with Gasteiger partial charge in [0.05, 0.1) is 0 Å². The van der Waals surface area contributed by atoms with Gasteiger partial charge >= 0.3 is 0 Å². The molecule has 0 saturated heterocycles. The molecule has 0 aliphatic heterocycles. The summed E-state index contributed by atoms with van der Waals surface area (Å²) in [5, 5.41) is 0. The average Bonchev–Trinajstić information content (AvgIpc) is 2.26. The van der Waals surface area contributed by atoms with Gasteiger partial charge in [-0.15, -0.1) is 0 Å². The number of aryl methyl sites for hydroxylation is 1. The predicted molar refractivity (Wildman–Crippen MR) is 67.7 cm³/mol. The largest absolute Gasteiger partial charge is 0.480 e. The van der Waals surface area contributed by atoms with Crippen molar-refractivity contribution in [2.45, 2.75) is 39.3 Å². The van der Waals surface area contributed by atoms with Gasteiger partial charge in [0.15, 0.2) is 6.10 Å². The molecule has 0 spiro atoms. The summed E-state index contributed by atoms with van der Waals surface area (Å²) in [7, 11) is 0. The van der Waals surface area contributed by atoms with Crippen molar-refractivity contribution >= 4 is 5.91 Å². The van der Waals surface area contributed by atoms with Crippen LogP contribution in [0, 0.1) is 6.92 Å². The molecule has 4 nitrogen and oxygen atoms in total. The predicted octanol–water partition coefficient (Wildman–Crippen LogP) is 1.66. The molecule has 0 aromatic heterocycles. The fourth-order valence-corrected chi connectivity index (χ4v) is 1.63. The van der Waals surface area contributed by atoms with Crippen LogP contribution in [-0.4, -0.2) is 12.0 Å². The van der Waals surface area contributed by atoms with Gasteiger partial charge in [0.1, 0.15) is 5.75 Å². The third-order valence-corrected chi connectivity index (χ3v) is 2.61. The first-order valence-electron chi connectivity index (χ1n) is 5.77. The monoisotopic (exact) mass is 236 g/mol. The molecule has 0 aliphatic carbocycles. The summed E-state index contributed by atoms with van der Waals surface area (Å²) in [6.45, 7) is 5.73. The number of hydrogen-bond donors (Lipinski definition) is 2.